The number of hydrogen-bond donors (Lipinski definition) is 0. The van der Waals surface area contributed by atoms with Crippen LogP contribution in [0, 0.1) is 17.3 Å². The second kappa shape index (κ2) is 5.56. The van der Waals surface area contributed by atoms with Gasteiger partial charge >= 0.3 is 0 Å². The Labute approximate surface area is 102 Å². The molecule has 2 fully saturated rings. The molecule has 2 bridgehead atoms. The van der Waals surface area contributed by atoms with Crippen molar-refractivity contribution in [1.29, 1.82) is 0 Å². The second-order valence-electron chi connectivity index (χ2n) is 6.71. The maximum absolute atomic E-state index is 2.62. The van der Waals surface area contributed by atoms with Gasteiger partial charge in [0, 0.05) is 0 Å². The first-order valence-electron chi connectivity index (χ1n) is 7.74. The molecular weight excluding hydrogens is 192 g/mol. The molecular formula is C16H30. The lowest BCUT2D eigenvalue weighted by atomic mass is 9.62. The Balaban J connectivity index is 2.11. The van der Waals surface area contributed by atoms with Crippen LogP contribution < -0.4 is 0 Å². The van der Waals surface area contributed by atoms with E-state index in [1.165, 1.54) is 64.2 Å². The standard InChI is InChI=1S/C16H30/c1-3-15-11-7-6-10-14-9-5-4-8-12-16(15,2)13-14/h14-15H,3-13H2,1-2H3. The van der Waals surface area contributed by atoms with E-state index in [4.69, 9.17) is 0 Å². The molecule has 0 aromatic rings. The van der Waals surface area contributed by atoms with Crippen LogP contribution in [-0.2, 0) is 0 Å². The highest BCUT2D eigenvalue weighted by molar-refractivity contribution is 4.87. The molecule has 0 N–H and O–H groups in total. The van der Waals surface area contributed by atoms with Crippen LogP contribution in [0.3, 0.4) is 0 Å². The third kappa shape index (κ3) is 2.81. The van der Waals surface area contributed by atoms with Crippen molar-refractivity contribution < 1.29 is 0 Å². The molecule has 94 valence electrons. The summed E-state index contributed by atoms with van der Waals surface area (Å²) < 4.78 is 0. The van der Waals surface area contributed by atoms with Crippen molar-refractivity contribution in [2.24, 2.45) is 17.3 Å². The molecule has 0 spiro atoms. The average molecular weight is 222 g/mol. The molecule has 0 aromatic carbocycles. The summed E-state index contributed by atoms with van der Waals surface area (Å²) in [5, 5.41) is 0. The van der Waals surface area contributed by atoms with Gasteiger partial charge in [-0.1, -0.05) is 65.2 Å². The second-order valence-corrected chi connectivity index (χ2v) is 6.71. The zero-order valence-corrected chi connectivity index (χ0v) is 11.4. The first-order valence-corrected chi connectivity index (χ1v) is 7.74. The molecule has 0 aliphatic heterocycles. The maximum atomic E-state index is 2.62. The molecule has 16 heavy (non-hydrogen) atoms. The largest absolute Gasteiger partial charge is 0.0651 e. The van der Waals surface area contributed by atoms with Gasteiger partial charge < -0.3 is 0 Å². The number of hydrogen-bond acceptors (Lipinski definition) is 0. The SMILES string of the molecule is CCC1CCCCC2CCCCCC1(C)C2. The molecule has 2 aliphatic carbocycles. The van der Waals surface area contributed by atoms with Crippen LogP contribution in [0.4, 0.5) is 0 Å². The van der Waals surface area contributed by atoms with Crippen LogP contribution in [0.5, 0.6) is 0 Å². The Hall–Kier alpha value is 0. The highest BCUT2D eigenvalue weighted by atomic mass is 14.4. The number of rotatable bonds is 1. The Morgan fingerprint density at radius 1 is 0.938 bits per heavy atom. The Morgan fingerprint density at radius 3 is 2.38 bits per heavy atom. The van der Waals surface area contributed by atoms with E-state index >= 15 is 0 Å². The summed E-state index contributed by atoms with van der Waals surface area (Å²) in [5.41, 5.74) is 0.695. The van der Waals surface area contributed by atoms with Crippen LogP contribution >= 0.6 is 0 Å². The molecule has 2 aliphatic rings. The Morgan fingerprint density at radius 2 is 1.62 bits per heavy atom. The molecule has 0 aromatic heterocycles. The molecule has 2 saturated carbocycles. The summed E-state index contributed by atoms with van der Waals surface area (Å²) in [7, 11) is 0. The maximum Gasteiger partial charge on any atom is -0.0295 e. The predicted molar refractivity (Wildman–Crippen MR) is 71.5 cm³/mol. The van der Waals surface area contributed by atoms with E-state index in [0.29, 0.717) is 5.41 Å². The Bertz CT molecular complexity index is 206. The molecule has 3 atom stereocenters. The molecule has 2 rings (SSSR count). The van der Waals surface area contributed by atoms with Crippen molar-refractivity contribution in [2.45, 2.75) is 84.5 Å². The van der Waals surface area contributed by atoms with E-state index in [-0.39, 0.29) is 0 Å². The lowest BCUT2D eigenvalue weighted by Gasteiger charge is -2.43. The molecule has 0 radical (unpaired) electrons. The fraction of sp³-hybridized carbons (Fsp3) is 1.00. The van der Waals surface area contributed by atoms with Crippen molar-refractivity contribution in [2.75, 3.05) is 0 Å². The van der Waals surface area contributed by atoms with Crippen LogP contribution in [0.25, 0.3) is 0 Å². The van der Waals surface area contributed by atoms with Gasteiger partial charge in [-0.3, -0.25) is 0 Å². The van der Waals surface area contributed by atoms with Crippen molar-refractivity contribution in [3.63, 3.8) is 0 Å². The van der Waals surface area contributed by atoms with Crippen LogP contribution in [-0.4, -0.2) is 0 Å². The van der Waals surface area contributed by atoms with Gasteiger partial charge in [-0.2, -0.15) is 0 Å². The van der Waals surface area contributed by atoms with Crippen molar-refractivity contribution in [3.8, 4) is 0 Å². The third-order valence-electron chi connectivity index (χ3n) is 5.51. The van der Waals surface area contributed by atoms with Gasteiger partial charge in [-0.05, 0) is 36.5 Å². The summed E-state index contributed by atoms with van der Waals surface area (Å²) in [6, 6.07) is 0. The molecule has 0 heterocycles. The minimum atomic E-state index is 0.695. The van der Waals surface area contributed by atoms with E-state index < -0.39 is 0 Å². The van der Waals surface area contributed by atoms with Crippen molar-refractivity contribution >= 4 is 0 Å². The van der Waals surface area contributed by atoms with Gasteiger partial charge in [0.2, 0.25) is 0 Å². The third-order valence-corrected chi connectivity index (χ3v) is 5.51. The highest BCUT2D eigenvalue weighted by Crippen LogP contribution is 2.48. The van der Waals surface area contributed by atoms with Gasteiger partial charge in [0.1, 0.15) is 0 Å². The molecule has 0 heteroatoms. The van der Waals surface area contributed by atoms with E-state index in [1.54, 1.807) is 6.42 Å². The normalized spacial score (nSPS) is 41.6. The van der Waals surface area contributed by atoms with E-state index in [9.17, 15) is 0 Å². The lowest BCUT2D eigenvalue weighted by Crippen LogP contribution is -2.32. The Kier molecular flexibility index (Phi) is 4.33. The van der Waals surface area contributed by atoms with E-state index in [0.717, 1.165) is 11.8 Å². The smallest absolute Gasteiger partial charge is 0.0295 e. The molecule has 0 nitrogen and oxygen atoms in total. The summed E-state index contributed by atoms with van der Waals surface area (Å²) in [6.07, 6.45) is 16.6. The lowest BCUT2D eigenvalue weighted by molar-refractivity contribution is 0.0771. The highest BCUT2D eigenvalue weighted by Gasteiger charge is 2.36. The van der Waals surface area contributed by atoms with Gasteiger partial charge in [0.05, 0.1) is 0 Å². The summed E-state index contributed by atoms with van der Waals surface area (Å²) >= 11 is 0. The van der Waals surface area contributed by atoms with Crippen molar-refractivity contribution in [1.82, 2.24) is 0 Å². The fourth-order valence-electron chi connectivity index (χ4n) is 4.49. The van der Waals surface area contributed by atoms with Crippen LogP contribution in [0.2, 0.25) is 0 Å². The zero-order chi connectivity index (χ0) is 11.4. The van der Waals surface area contributed by atoms with Crippen molar-refractivity contribution in [3.05, 3.63) is 0 Å². The monoisotopic (exact) mass is 222 g/mol. The predicted octanol–water partition coefficient (Wildman–Crippen LogP) is 5.56. The summed E-state index contributed by atoms with van der Waals surface area (Å²) in [4.78, 5) is 0. The topological polar surface area (TPSA) is 0 Å². The molecule has 0 saturated heterocycles. The zero-order valence-electron chi connectivity index (χ0n) is 11.4. The summed E-state index contributed by atoms with van der Waals surface area (Å²) in [5.74, 6) is 2.09. The first kappa shape index (κ1) is 12.5. The first-order chi connectivity index (χ1) is 7.74. The van der Waals surface area contributed by atoms with E-state index in [1.807, 2.05) is 0 Å². The average Bonchev–Trinajstić information content (AvgIpc) is 2.21. The van der Waals surface area contributed by atoms with Gasteiger partial charge in [0.15, 0.2) is 0 Å². The van der Waals surface area contributed by atoms with Crippen LogP contribution in [0.1, 0.15) is 84.5 Å². The summed E-state index contributed by atoms with van der Waals surface area (Å²) in [6.45, 7) is 5.04. The minimum Gasteiger partial charge on any atom is -0.0651 e. The molecule has 0 amide bonds. The number of fused-ring (bicyclic) bond motifs is 2. The van der Waals surface area contributed by atoms with Gasteiger partial charge in [0.25, 0.3) is 0 Å². The minimum absolute atomic E-state index is 0.695. The van der Waals surface area contributed by atoms with E-state index in [2.05, 4.69) is 13.8 Å². The molecule has 3 unspecified atom stereocenters. The van der Waals surface area contributed by atoms with Crippen LogP contribution in [0.15, 0.2) is 0 Å². The van der Waals surface area contributed by atoms with Gasteiger partial charge in [-0.25, -0.2) is 0 Å². The van der Waals surface area contributed by atoms with Gasteiger partial charge in [-0.15, -0.1) is 0 Å². The quantitative estimate of drug-likeness (QED) is 0.544. The fourth-order valence-corrected chi connectivity index (χ4v) is 4.49.